The van der Waals surface area contributed by atoms with Crippen LogP contribution in [0.4, 0.5) is 10.7 Å². The van der Waals surface area contributed by atoms with Crippen LogP contribution in [0.5, 0.6) is 0 Å². The molecule has 0 fully saturated rings. The molecule has 33 heavy (non-hydrogen) atoms. The summed E-state index contributed by atoms with van der Waals surface area (Å²) in [5, 5.41) is 3.22. The van der Waals surface area contributed by atoms with Crippen molar-refractivity contribution in [1.29, 1.82) is 0 Å². The average molecular weight is 465 g/mol. The zero-order valence-electron chi connectivity index (χ0n) is 18.3. The Bertz CT molecular complexity index is 1210. The van der Waals surface area contributed by atoms with Crippen molar-refractivity contribution in [2.75, 3.05) is 16.8 Å². The van der Waals surface area contributed by atoms with Crippen molar-refractivity contribution >= 4 is 39.8 Å². The van der Waals surface area contributed by atoms with Gasteiger partial charge < -0.3 is 19.4 Å². The van der Waals surface area contributed by atoms with Gasteiger partial charge in [-0.1, -0.05) is 18.2 Å². The van der Waals surface area contributed by atoms with Crippen molar-refractivity contribution in [3.05, 3.63) is 70.0 Å². The van der Waals surface area contributed by atoms with Gasteiger partial charge in [0.2, 0.25) is 0 Å². The molecule has 1 aliphatic carbocycles. The number of carbonyl (C=O) groups excluding carboxylic acids is 3. The highest BCUT2D eigenvalue weighted by Crippen LogP contribution is 2.40. The maximum Gasteiger partial charge on any atom is 0.341 e. The molecule has 170 valence electrons. The Kier molecular flexibility index (Phi) is 5.76. The Balaban J connectivity index is 1.33. The third-order valence-corrected chi connectivity index (χ3v) is 7.42. The number of esters is 1. The fourth-order valence-electron chi connectivity index (χ4n) is 4.62. The van der Waals surface area contributed by atoms with E-state index >= 15 is 0 Å². The first-order valence-electron chi connectivity index (χ1n) is 11.1. The standard InChI is InChI=1S/C25H24N2O5S/c1-15-11-12-16-6-2-3-8-18(16)27(15)21(28)14-32-25(30)22-17-7-4-10-20(17)33-24(22)26-23(29)19-9-5-13-31-19/h2-3,5-6,8-9,13,15H,4,7,10-12,14H2,1H3,(H,26,29). The Morgan fingerprint density at radius 1 is 1.15 bits per heavy atom. The van der Waals surface area contributed by atoms with Gasteiger partial charge in [-0.15, -0.1) is 11.3 Å². The lowest BCUT2D eigenvalue weighted by Crippen LogP contribution is -2.44. The predicted molar refractivity (Wildman–Crippen MR) is 125 cm³/mol. The summed E-state index contributed by atoms with van der Waals surface area (Å²) in [6.07, 6.45) is 5.76. The summed E-state index contributed by atoms with van der Waals surface area (Å²) >= 11 is 1.39. The third kappa shape index (κ3) is 4.06. The van der Waals surface area contributed by atoms with E-state index in [1.807, 2.05) is 31.2 Å². The molecular formula is C25H24N2O5S. The van der Waals surface area contributed by atoms with Crippen LogP contribution in [0.1, 0.15) is 56.7 Å². The lowest BCUT2D eigenvalue weighted by molar-refractivity contribution is -0.122. The zero-order valence-corrected chi connectivity index (χ0v) is 19.1. The molecule has 0 bridgehead atoms. The fourth-order valence-corrected chi connectivity index (χ4v) is 5.89. The van der Waals surface area contributed by atoms with E-state index in [-0.39, 0.29) is 24.3 Å². The van der Waals surface area contributed by atoms with E-state index in [2.05, 4.69) is 5.32 Å². The van der Waals surface area contributed by atoms with E-state index in [4.69, 9.17) is 9.15 Å². The van der Waals surface area contributed by atoms with Crippen LogP contribution < -0.4 is 10.2 Å². The smallest absolute Gasteiger partial charge is 0.341 e. The number of rotatable bonds is 5. The van der Waals surface area contributed by atoms with Gasteiger partial charge >= 0.3 is 5.97 Å². The number of thiophene rings is 1. The Hall–Kier alpha value is -3.39. The van der Waals surface area contributed by atoms with Crippen LogP contribution >= 0.6 is 11.3 Å². The quantitative estimate of drug-likeness (QED) is 0.557. The van der Waals surface area contributed by atoms with Gasteiger partial charge in [0, 0.05) is 16.6 Å². The molecule has 0 saturated heterocycles. The van der Waals surface area contributed by atoms with Crippen LogP contribution in [0.15, 0.2) is 47.1 Å². The second-order valence-electron chi connectivity index (χ2n) is 8.35. The number of hydrogen-bond donors (Lipinski definition) is 1. The SMILES string of the molecule is CC1CCc2ccccc2N1C(=O)COC(=O)c1c(NC(=O)c2ccco2)sc2c1CCC2. The van der Waals surface area contributed by atoms with Gasteiger partial charge in [0.1, 0.15) is 5.00 Å². The lowest BCUT2D eigenvalue weighted by atomic mass is 9.96. The normalized spacial score (nSPS) is 16.8. The van der Waals surface area contributed by atoms with Gasteiger partial charge in [0.25, 0.3) is 11.8 Å². The number of anilines is 2. The van der Waals surface area contributed by atoms with Crippen molar-refractivity contribution in [1.82, 2.24) is 0 Å². The van der Waals surface area contributed by atoms with Gasteiger partial charge in [-0.3, -0.25) is 9.59 Å². The van der Waals surface area contributed by atoms with E-state index in [1.54, 1.807) is 17.0 Å². The topological polar surface area (TPSA) is 88.9 Å². The molecule has 5 rings (SSSR count). The Morgan fingerprint density at radius 3 is 2.82 bits per heavy atom. The molecular weight excluding hydrogens is 440 g/mol. The van der Waals surface area contributed by atoms with Gasteiger partial charge in [-0.2, -0.15) is 0 Å². The number of para-hydroxylation sites is 1. The summed E-state index contributed by atoms with van der Waals surface area (Å²) in [6.45, 7) is 1.65. The minimum atomic E-state index is -0.588. The van der Waals surface area contributed by atoms with Crippen molar-refractivity contribution in [3.8, 4) is 0 Å². The molecule has 2 aliphatic rings. The van der Waals surface area contributed by atoms with E-state index in [0.717, 1.165) is 53.8 Å². The highest BCUT2D eigenvalue weighted by atomic mass is 32.1. The fraction of sp³-hybridized carbons (Fsp3) is 0.320. The predicted octanol–water partition coefficient (Wildman–Crippen LogP) is 4.61. The van der Waals surface area contributed by atoms with Crippen molar-refractivity contribution in [2.45, 2.75) is 45.1 Å². The number of fused-ring (bicyclic) bond motifs is 2. The zero-order chi connectivity index (χ0) is 22.9. The number of furan rings is 1. The van der Waals surface area contributed by atoms with Crippen molar-refractivity contribution in [3.63, 3.8) is 0 Å². The lowest BCUT2D eigenvalue weighted by Gasteiger charge is -2.35. The van der Waals surface area contributed by atoms with E-state index in [0.29, 0.717) is 10.6 Å². The summed E-state index contributed by atoms with van der Waals surface area (Å²) in [6, 6.07) is 11.0. The van der Waals surface area contributed by atoms with Crippen LogP contribution in [0.3, 0.4) is 0 Å². The highest BCUT2D eigenvalue weighted by molar-refractivity contribution is 7.17. The summed E-state index contributed by atoms with van der Waals surface area (Å²) in [7, 11) is 0. The molecule has 1 atom stereocenters. The molecule has 8 heteroatoms. The highest BCUT2D eigenvalue weighted by Gasteiger charge is 2.32. The van der Waals surface area contributed by atoms with Crippen LogP contribution in [0, 0.1) is 0 Å². The van der Waals surface area contributed by atoms with Gasteiger partial charge in [0.05, 0.1) is 11.8 Å². The maximum absolute atomic E-state index is 13.1. The monoisotopic (exact) mass is 464 g/mol. The van der Waals surface area contributed by atoms with Crippen LogP contribution in [-0.2, 0) is 28.8 Å². The molecule has 1 unspecified atom stereocenters. The van der Waals surface area contributed by atoms with Gasteiger partial charge in [0.15, 0.2) is 12.4 Å². The number of amides is 2. The molecule has 1 aliphatic heterocycles. The van der Waals surface area contributed by atoms with Gasteiger partial charge in [-0.05, 0) is 68.4 Å². The molecule has 1 N–H and O–H groups in total. The summed E-state index contributed by atoms with van der Waals surface area (Å²) < 4.78 is 10.7. The molecule has 3 aromatic rings. The number of carbonyl (C=O) groups is 3. The first-order chi connectivity index (χ1) is 16.0. The van der Waals surface area contributed by atoms with Crippen LogP contribution in [0.25, 0.3) is 0 Å². The van der Waals surface area contributed by atoms with Crippen molar-refractivity contribution in [2.24, 2.45) is 0 Å². The number of aryl methyl sites for hydroxylation is 2. The molecule has 0 saturated carbocycles. The van der Waals surface area contributed by atoms with Crippen LogP contribution in [0.2, 0.25) is 0 Å². The molecule has 2 aromatic heterocycles. The number of nitrogens with one attached hydrogen (secondary N) is 1. The largest absolute Gasteiger partial charge is 0.459 e. The van der Waals surface area contributed by atoms with E-state index in [9.17, 15) is 14.4 Å². The number of benzene rings is 1. The van der Waals surface area contributed by atoms with Crippen molar-refractivity contribution < 1.29 is 23.5 Å². The summed E-state index contributed by atoms with van der Waals surface area (Å²) in [5.74, 6) is -1.11. The molecule has 7 nitrogen and oxygen atoms in total. The first kappa shape index (κ1) is 21.5. The number of hydrogen-bond acceptors (Lipinski definition) is 6. The summed E-state index contributed by atoms with van der Waals surface area (Å²) in [4.78, 5) is 41.5. The van der Waals surface area contributed by atoms with E-state index < -0.39 is 11.9 Å². The second kappa shape index (κ2) is 8.86. The molecule has 0 radical (unpaired) electrons. The maximum atomic E-state index is 13.1. The average Bonchev–Trinajstić information content (AvgIpc) is 3.55. The first-order valence-corrected chi connectivity index (χ1v) is 11.9. The molecule has 1 aromatic carbocycles. The Morgan fingerprint density at radius 2 is 2.00 bits per heavy atom. The van der Waals surface area contributed by atoms with E-state index in [1.165, 1.54) is 17.6 Å². The second-order valence-corrected chi connectivity index (χ2v) is 9.45. The summed E-state index contributed by atoms with van der Waals surface area (Å²) in [5.41, 5.74) is 3.25. The molecule has 2 amide bonds. The minimum absolute atomic E-state index is 0.0274. The number of nitrogens with zero attached hydrogens (tertiary/aromatic N) is 1. The van der Waals surface area contributed by atoms with Crippen LogP contribution in [-0.4, -0.2) is 30.4 Å². The third-order valence-electron chi connectivity index (χ3n) is 6.22. The minimum Gasteiger partial charge on any atom is -0.459 e. The molecule has 3 heterocycles. The Labute approximate surface area is 195 Å². The van der Waals surface area contributed by atoms with Gasteiger partial charge in [-0.25, -0.2) is 4.79 Å². The number of ether oxygens (including phenoxy) is 1. The molecule has 0 spiro atoms.